The lowest BCUT2D eigenvalue weighted by Crippen LogP contribution is -1.91. The largest absolute Gasteiger partial charge is 0.411 e. The molecule has 0 bridgehead atoms. The molecule has 0 aliphatic carbocycles. The lowest BCUT2D eigenvalue weighted by molar-refractivity contribution is -0.117. The first-order valence-corrected chi connectivity index (χ1v) is 3.79. The van der Waals surface area contributed by atoms with Gasteiger partial charge in [0.25, 0.3) is 0 Å². The molecule has 1 aliphatic heterocycles. The summed E-state index contributed by atoms with van der Waals surface area (Å²) in [5.41, 5.74) is 0. The van der Waals surface area contributed by atoms with Gasteiger partial charge in [-0.25, -0.2) is 0 Å². The van der Waals surface area contributed by atoms with E-state index in [4.69, 9.17) is 4.18 Å². The van der Waals surface area contributed by atoms with Crippen molar-refractivity contribution in [2.45, 2.75) is 12.8 Å². The Hall–Kier alpha value is -0.510. The Bertz CT molecular complexity index is 155. The highest BCUT2D eigenvalue weighted by Gasteiger charge is 2.14. The van der Waals surface area contributed by atoms with Gasteiger partial charge in [-0.05, 0) is 0 Å². The smallest absolute Gasteiger partial charge is 0.249 e. The van der Waals surface area contributed by atoms with Crippen LogP contribution in [0.1, 0.15) is 12.8 Å². The van der Waals surface area contributed by atoms with Crippen molar-refractivity contribution in [2.75, 3.05) is 6.26 Å². The maximum Gasteiger partial charge on any atom is 0.249 e. The minimum atomic E-state index is -0.0703. The molecule has 1 rings (SSSR count). The second-order valence-corrected chi connectivity index (χ2v) is 2.15. The van der Waals surface area contributed by atoms with Gasteiger partial charge in [0.05, 0.1) is 12.0 Å². The average Bonchev–Trinajstić information content (AvgIpc) is 2.17. The van der Waals surface area contributed by atoms with Crippen molar-refractivity contribution in [1.82, 2.24) is 0 Å². The van der Waals surface area contributed by atoms with Crippen LogP contribution in [0.15, 0.2) is 4.99 Å². The second kappa shape index (κ2) is 2.87. The van der Waals surface area contributed by atoms with Crippen LogP contribution >= 0.6 is 12.0 Å². The summed E-state index contributed by atoms with van der Waals surface area (Å²) in [4.78, 5) is 14.1. The van der Waals surface area contributed by atoms with E-state index >= 15 is 0 Å². The van der Waals surface area contributed by atoms with E-state index in [0.717, 1.165) is 0 Å². The minimum Gasteiger partial charge on any atom is -0.411 e. The normalized spacial score (nSPS) is 17.9. The predicted octanol–water partition coefficient (Wildman–Crippen LogP) is 1.000. The summed E-state index contributed by atoms with van der Waals surface area (Å²) in [7, 11) is 0. The van der Waals surface area contributed by atoms with Crippen LogP contribution in [-0.4, -0.2) is 18.1 Å². The number of hydrogen-bond donors (Lipinski definition) is 0. The zero-order chi connectivity index (χ0) is 6.69. The van der Waals surface area contributed by atoms with Crippen LogP contribution in [0.4, 0.5) is 0 Å². The van der Waals surface area contributed by atoms with Crippen molar-refractivity contribution >= 4 is 23.8 Å². The van der Waals surface area contributed by atoms with Crippen LogP contribution in [0, 0.1) is 0 Å². The Labute approximate surface area is 57.7 Å². The number of rotatable bonds is 1. The summed E-state index contributed by atoms with van der Waals surface area (Å²) in [5.74, 6) is 0.492. The third kappa shape index (κ3) is 1.71. The van der Waals surface area contributed by atoms with Crippen molar-refractivity contribution in [1.29, 1.82) is 0 Å². The summed E-state index contributed by atoms with van der Waals surface area (Å²) >= 11 is 1.22. The molecule has 9 heavy (non-hydrogen) atoms. The van der Waals surface area contributed by atoms with E-state index in [9.17, 15) is 4.79 Å². The first kappa shape index (κ1) is 6.61. The van der Waals surface area contributed by atoms with E-state index in [1.54, 1.807) is 6.26 Å². The molecule has 1 heterocycles. The Morgan fingerprint density at radius 2 is 2.44 bits per heavy atom. The lowest BCUT2D eigenvalue weighted by Gasteiger charge is -1.94. The van der Waals surface area contributed by atoms with E-state index in [1.165, 1.54) is 12.0 Å². The fourth-order valence-corrected chi connectivity index (χ4v) is 0.934. The Morgan fingerprint density at radius 3 is 2.89 bits per heavy atom. The molecule has 1 aliphatic rings. The Morgan fingerprint density at radius 1 is 1.67 bits per heavy atom. The molecule has 50 valence electrons. The van der Waals surface area contributed by atoms with Gasteiger partial charge in [0.15, 0.2) is 0 Å². The van der Waals surface area contributed by atoms with Crippen LogP contribution < -0.4 is 0 Å². The maximum atomic E-state index is 10.5. The van der Waals surface area contributed by atoms with Gasteiger partial charge < -0.3 is 4.18 Å². The molecule has 0 aromatic rings. The van der Waals surface area contributed by atoms with Gasteiger partial charge in [-0.2, -0.15) is 4.99 Å². The monoisotopic (exact) mass is 145 g/mol. The molecule has 0 radical (unpaired) electrons. The molecule has 0 fully saturated rings. The van der Waals surface area contributed by atoms with Crippen LogP contribution in [0.5, 0.6) is 0 Å². The molecule has 0 saturated heterocycles. The molecular weight excluding hydrogens is 138 g/mol. The Kier molecular flexibility index (Phi) is 2.10. The van der Waals surface area contributed by atoms with Gasteiger partial charge in [0, 0.05) is 19.1 Å². The lowest BCUT2D eigenvalue weighted by atomic mass is 10.4. The summed E-state index contributed by atoms with van der Waals surface area (Å²) in [6.45, 7) is 0. The summed E-state index contributed by atoms with van der Waals surface area (Å²) in [6.07, 6.45) is 2.97. The van der Waals surface area contributed by atoms with E-state index < -0.39 is 0 Å². The highest BCUT2D eigenvalue weighted by atomic mass is 32.2. The molecule has 3 nitrogen and oxygen atoms in total. The molecule has 0 aromatic carbocycles. The molecule has 0 atom stereocenters. The molecule has 4 heteroatoms. The molecule has 1 amide bonds. The standard InChI is InChI=1S/C5H7NO2S/c1-9-8-5-3-2-4(7)6-5/h2-3H2,1H3. The molecule has 0 saturated carbocycles. The number of amides is 1. The summed E-state index contributed by atoms with van der Waals surface area (Å²) in [6, 6.07) is 0. The SMILES string of the molecule is CSOC1=NC(=O)CC1. The second-order valence-electron chi connectivity index (χ2n) is 1.65. The van der Waals surface area contributed by atoms with Crippen LogP contribution in [0.2, 0.25) is 0 Å². The van der Waals surface area contributed by atoms with Crippen LogP contribution in [0.3, 0.4) is 0 Å². The fourth-order valence-electron chi connectivity index (χ4n) is 0.621. The fraction of sp³-hybridized carbons (Fsp3) is 0.600. The van der Waals surface area contributed by atoms with Crippen LogP contribution in [-0.2, 0) is 8.98 Å². The number of carbonyl (C=O) groups is 1. The average molecular weight is 145 g/mol. The highest BCUT2D eigenvalue weighted by Crippen LogP contribution is 2.10. The number of nitrogens with zero attached hydrogens (tertiary/aromatic N) is 1. The minimum absolute atomic E-state index is 0.0703. The first-order valence-electron chi connectivity index (χ1n) is 2.64. The van der Waals surface area contributed by atoms with Crippen molar-refractivity contribution in [3.63, 3.8) is 0 Å². The zero-order valence-electron chi connectivity index (χ0n) is 5.09. The molecule has 0 aromatic heterocycles. The zero-order valence-corrected chi connectivity index (χ0v) is 5.90. The van der Waals surface area contributed by atoms with Gasteiger partial charge >= 0.3 is 0 Å². The molecule has 0 N–H and O–H groups in total. The summed E-state index contributed by atoms with van der Waals surface area (Å²) in [5, 5.41) is 0. The molecule has 0 spiro atoms. The van der Waals surface area contributed by atoms with Gasteiger partial charge in [-0.3, -0.25) is 4.79 Å². The van der Waals surface area contributed by atoms with E-state index in [1.807, 2.05) is 0 Å². The van der Waals surface area contributed by atoms with Gasteiger partial charge in [-0.15, -0.1) is 0 Å². The predicted molar refractivity (Wildman–Crippen MR) is 36.3 cm³/mol. The highest BCUT2D eigenvalue weighted by molar-refractivity contribution is 7.94. The quantitative estimate of drug-likeness (QED) is 0.517. The summed E-state index contributed by atoms with van der Waals surface area (Å²) < 4.78 is 4.92. The third-order valence-corrected chi connectivity index (χ3v) is 1.34. The number of carbonyl (C=O) groups excluding carboxylic acids is 1. The van der Waals surface area contributed by atoms with Crippen molar-refractivity contribution in [3.05, 3.63) is 0 Å². The van der Waals surface area contributed by atoms with E-state index in [-0.39, 0.29) is 5.91 Å². The maximum absolute atomic E-state index is 10.5. The topological polar surface area (TPSA) is 38.7 Å². The van der Waals surface area contributed by atoms with Gasteiger partial charge in [0.2, 0.25) is 11.8 Å². The van der Waals surface area contributed by atoms with Crippen LogP contribution in [0.25, 0.3) is 0 Å². The third-order valence-electron chi connectivity index (χ3n) is 0.982. The molecular formula is C5H7NO2S. The Balaban J connectivity index is 2.42. The van der Waals surface area contributed by atoms with E-state index in [0.29, 0.717) is 18.7 Å². The van der Waals surface area contributed by atoms with Gasteiger partial charge in [0.1, 0.15) is 0 Å². The van der Waals surface area contributed by atoms with Crippen molar-refractivity contribution in [2.24, 2.45) is 4.99 Å². The molecule has 0 unspecified atom stereocenters. The number of hydrogen-bond acceptors (Lipinski definition) is 3. The first-order chi connectivity index (χ1) is 4.33. The van der Waals surface area contributed by atoms with Gasteiger partial charge in [-0.1, -0.05) is 0 Å². The van der Waals surface area contributed by atoms with Crippen molar-refractivity contribution < 1.29 is 8.98 Å². The number of aliphatic imine (C=N–C) groups is 1. The van der Waals surface area contributed by atoms with Crippen molar-refractivity contribution in [3.8, 4) is 0 Å². The van der Waals surface area contributed by atoms with E-state index in [2.05, 4.69) is 4.99 Å².